The average Bonchev–Trinajstić information content (AvgIpc) is 2.40. The maximum atomic E-state index is 10.0. The van der Waals surface area contributed by atoms with Crippen molar-refractivity contribution in [3.63, 3.8) is 0 Å². The molecule has 0 saturated heterocycles. The highest BCUT2D eigenvalue weighted by atomic mass is 32.3. The van der Waals surface area contributed by atoms with Gasteiger partial charge < -0.3 is 38.6 Å². The Labute approximate surface area is 139 Å². The van der Waals surface area contributed by atoms with Gasteiger partial charge in [-0.25, -0.2) is 0 Å². The highest BCUT2D eigenvalue weighted by Gasteiger charge is 2.09. The van der Waals surface area contributed by atoms with E-state index in [2.05, 4.69) is 0 Å². The van der Waals surface area contributed by atoms with E-state index in [4.69, 9.17) is 50.7 Å². The van der Waals surface area contributed by atoms with Gasteiger partial charge in [0.15, 0.2) is 0 Å². The van der Waals surface area contributed by atoms with Crippen LogP contribution in [0.5, 0.6) is 0 Å². The molecular weight excluding hydrogens is 352 g/mol. The van der Waals surface area contributed by atoms with Crippen LogP contribution in [0.3, 0.4) is 0 Å². The average molecular weight is 380 g/mol. The number of aliphatic carboxylic acids is 2. The molecule has 0 aromatic carbocycles. The molecule has 0 fully saturated rings. The SMILES string of the molecule is NCCC[C@H](N)C(=O)O.NCCC[C@H](N)C(=O)O.O.O=S(=O)(O)O. The molecule has 14 N–H and O–H groups in total. The van der Waals surface area contributed by atoms with Crippen molar-refractivity contribution < 1.29 is 42.8 Å². The van der Waals surface area contributed by atoms with E-state index in [0.29, 0.717) is 38.8 Å². The third kappa shape index (κ3) is 37.1. The van der Waals surface area contributed by atoms with Crippen LogP contribution in [0.25, 0.3) is 0 Å². The summed E-state index contributed by atoms with van der Waals surface area (Å²) in [6.45, 7) is 1.00. The Morgan fingerprint density at radius 3 is 1.17 bits per heavy atom. The number of nitrogens with two attached hydrogens (primary N) is 4. The zero-order valence-electron chi connectivity index (χ0n) is 13.0. The van der Waals surface area contributed by atoms with Crippen molar-refractivity contribution in [2.24, 2.45) is 22.9 Å². The Hall–Kier alpha value is -1.39. The first kappa shape index (κ1) is 30.5. The third-order valence-corrected chi connectivity index (χ3v) is 2.07. The molecule has 0 spiro atoms. The van der Waals surface area contributed by atoms with Gasteiger partial charge in [0, 0.05) is 0 Å². The van der Waals surface area contributed by atoms with Crippen molar-refractivity contribution >= 4 is 22.3 Å². The quantitative estimate of drug-likeness (QED) is 0.193. The van der Waals surface area contributed by atoms with Gasteiger partial charge in [0.2, 0.25) is 0 Å². The summed E-state index contributed by atoms with van der Waals surface area (Å²) in [5.74, 6) is -1.91. The van der Waals surface area contributed by atoms with Crippen molar-refractivity contribution in [1.29, 1.82) is 0 Å². The number of hydrogen-bond acceptors (Lipinski definition) is 8. The predicted molar refractivity (Wildman–Crippen MR) is 85.6 cm³/mol. The zero-order chi connectivity index (χ0) is 19.1. The molecule has 0 aliphatic carbocycles. The predicted octanol–water partition coefficient (Wildman–Crippen LogP) is -3.20. The molecule has 0 bridgehead atoms. The van der Waals surface area contributed by atoms with Gasteiger partial charge in [-0.2, -0.15) is 8.42 Å². The largest absolute Gasteiger partial charge is 0.480 e. The first-order chi connectivity index (χ1) is 10.4. The first-order valence-electron chi connectivity index (χ1n) is 6.43. The van der Waals surface area contributed by atoms with E-state index >= 15 is 0 Å². The molecule has 0 unspecified atom stereocenters. The molecule has 14 heteroatoms. The lowest BCUT2D eigenvalue weighted by atomic mass is 10.2. The van der Waals surface area contributed by atoms with Gasteiger partial charge in [-0.15, -0.1) is 0 Å². The molecule has 0 aromatic rings. The van der Waals surface area contributed by atoms with E-state index in [9.17, 15) is 9.59 Å². The van der Waals surface area contributed by atoms with Crippen LogP contribution >= 0.6 is 0 Å². The molecular formula is C10H28N4O9S. The van der Waals surface area contributed by atoms with E-state index in [-0.39, 0.29) is 5.48 Å². The zero-order valence-corrected chi connectivity index (χ0v) is 13.9. The van der Waals surface area contributed by atoms with Crippen LogP contribution in [0.1, 0.15) is 25.7 Å². The molecule has 0 aliphatic heterocycles. The van der Waals surface area contributed by atoms with E-state index < -0.39 is 34.4 Å². The van der Waals surface area contributed by atoms with Gasteiger partial charge in [-0.05, 0) is 38.8 Å². The lowest BCUT2D eigenvalue weighted by Crippen LogP contribution is -2.30. The number of carboxylic acids is 2. The van der Waals surface area contributed by atoms with Crippen molar-refractivity contribution in [3.05, 3.63) is 0 Å². The monoisotopic (exact) mass is 380 g/mol. The van der Waals surface area contributed by atoms with E-state index in [1.165, 1.54) is 0 Å². The fourth-order valence-electron chi connectivity index (χ4n) is 0.922. The summed E-state index contributed by atoms with van der Waals surface area (Å²) >= 11 is 0. The Balaban J connectivity index is -0.000000128. The van der Waals surface area contributed by atoms with Crippen LogP contribution < -0.4 is 22.9 Å². The lowest BCUT2D eigenvalue weighted by Gasteiger charge is -2.02. The Bertz CT molecular complexity index is 387. The standard InChI is InChI=1S/2C5H12N2O2.H2O4S.H2O/c2*6-3-1-2-4(7)5(8)9;1-5(2,3)4;/h2*4H,1-3,6-7H2,(H,8,9);(H2,1,2,3,4);1H2/t2*4-;;/m00../s1. The number of carboxylic acid groups (broad SMARTS) is 2. The van der Waals surface area contributed by atoms with Crippen LogP contribution in [-0.4, -0.2) is 70.3 Å². The number of hydrogen-bond donors (Lipinski definition) is 8. The summed E-state index contributed by atoms with van der Waals surface area (Å²) in [7, 11) is -4.67. The maximum Gasteiger partial charge on any atom is 0.394 e. The second-order valence-corrected chi connectivity index (χ2v) is 5.09. The van der Waals surface area contributed by atoms with E-state index in [1.807, 2.05) is 0 Å². The first-order valence-corrected chi connectivity index (χ1v) is 7.83. The van der Waals surface area contributed by atoms with Crippen LogP contribution in [0.15, 0.2) is 0 Å². The van der Waals surface area contributed by atoms with Gasteiger partial charge in [0.05, 0.1) is 0 Å². The summed E-state index contributed by atoms with van der Waals surface area (Å²) < 4.78 is 31.6. The minimum atomic E-state index is -4.67. The molecule has 0 amide bonds. The van der Waals surface area contributed by atoms with Crippen molar-refractivity contribution in [2.75, 3.05) is 13.1 Å². The van der Waals surface area contributed by atoms with E-state index in [0.717, 1.165) is 0 Å². The second kappa shape index (κ2) is 18.0. The Morgan fingerprint density at radius 2 is 1.04 bits per heavy atom. The highest BCUT2D eigenvalue weighted by molar-refractivity contribution is 7.79. The summed E-state index contributed by atoms with van der Waals surface area (Å²) in [6.07, 6.45) is 2.28. The molecule has 24 heavy (non-hydrogen) atoms. The van der Waals surface area contributed by atoms with Gasteiger partial charge >= 0.3 is 22.3 Å². The molecule has 2 atom stereocenters. The number of carbonyl (C=O) groups is 2. The summed E-state index contributed by atoms with van der Waals surface area (Å²) in [5, 5.41) is 16.5. The highest BCUT2D eigenvalue weighted by Crippen LogP contribution is 1.91. The molecule has 0 aliphatic rings. The van der Waals surface area contributed by atoms with Gasteiger partial charge in [0.1, 0.15) is 12.1 Å². The van der Waals surface area contributed by atoms with Crippen LogP contribution in [0.4, 0.5) is 0 Å². The molecule has 148 valence electrons. The van der Waals surface area contributed by atoms with E-state index in [1.54, 1.807) is 0 Å². The minimum absolute atomic E-state index is 0. The molecule has 13 nitrogen and oxygen atoms in total. The molecule has 0 heterocycles. The van der Waals surface area contributed by atoms with Crippen LogP contribution in [0, 0.1) is 0 Å². The summed E-state index contributed by atoms with van der Waals surface area (Å²) in [4.78, 5) is 20.1. The maximum absolute atomic E-state index is 10.0. The second-order valence-electron chi connectivity index (χ2n) is 4.20. The van der Waals surface area contributed by atoms with Gasteiger partial charge in [-0.1, -0.05) is 0 Å². The lowest BCUT2D eigenvalue weighted by molar-refractivity contribution is -0.139. The van der Waals surface area contributed by atoms with Gasteiger partial charge in [-0.3, -0.25) is 18.7 Å². The smallest absolute Gasteiger partial charge is 0.394 e. The number of rotatable bonds is 8. The van der Waals surface area contributed by atoms with Crippen molar-refractivity contribution in [2.45, 2.75) is 37.8 Å². The molecule has 0 saturated carbocycles. The minimum Gasteiger partial charge on any atom is -0.480 e. The third-order valence-electron chi connectivity index (χ3n) is 2.07. The molecule has 0 rings (SSSR count). The van der Waals surface area contributed by atoms with Gasteiger partial charge in [0.25, 0.3) is 0 Å². The fourth-order valence-corrected chi connectivity index (χ4v) is 0.922. The van der Waals surface area contributed by atoms with Crippen LogP contribution in [-0.2, 0) is 20.0 Å². The van der Waals surface area contributed by atoms with Crippen LogP contribution in [0.2, 0.25) is 0 Å². The Morgan fingerprint density at radius 1 is 0.833 bits per heavy atom. The summed E-state index contributed by atoms with van der Waals surface area (Å²) in [6, 6.07) is -1.48. The summed E-state index contributed by atoms with van der Waals surface area (Å²) in [5.41, 5.74) is 20.6. The Kier molecular flexibility index (Phi) is 22.8. The molecule has 0 radical (unpaired) electrons. The topological polar surface area (TPSA) is 285 Å². The normalized spacial score (nSPS) is 12.2. The van der Waals surface area contributed by atoms with Crippen molar-refractivity contribution in [3.8, 4) is 0 Å². The van der Waals surface area contributed by atoms with Crippen molar-refractivity contribution in [1.82, 2.24) is 0 Å². The fraction of sp³-hybridized carbons (Fsp3) is 0.800. The molecule has 0 aromatic heterocycles.